The predicted octanol–water partition coefficient (Wildman–Crippen LogP) is 5.21. The third kappa shape index (κ3) is 3.94. The van der Waals surface area contributed by atoms with Gasteiger partial charge in [-0.25, -0.2) is 13.6 Å². The lowest BCUT2D eigenvalue weighted by Gasteiger charge is -2.46. The molecule has 6 nitrogen and oxygen atoms in total. The van der Waals surface area contributed by atoms with E-state index in [0.29, 0.717) is 42.6 Å². The van der Waals surface area contributed by atoms with E-state index in [0.717, 1.165) is 44.1 Å². The summed E-state index contributed by atoms with van der Waals surface area (Å²) in [6.45, 7) is 0.467. The molecule has 3 aromatic rings. The molecule has 0 atom stereocenters. The molecule has 0 amide bonds. The van der Waals surface area contributed by atoms with Gasteiger partial charge in [0.25, 0.3) is 0 Å². The van der Waals surface area contributed by atoms with Gasteiger partial charge in [-0.15, -0.1) is 0 Å². The zero-order valence-corrected chi connectivity index (χ0v) is 19.5. The average molecular weight is 482 g/mol. The summed E-state index contributed by atoms with van der Waals surface area (Å²) in [6.07, 6.45) is 8.89. The SMILES string of the molecule is Nc1c(F)c(NCCCc2ccc(F)cc2)c2c3c1c(=O)c(C(=O)O)cn3C1(CCCC2)CCC1. The minimum Gasteiger partial charge on any atom is -0.477 e. The molecule has 4 N–H and O–H groups in total. The third-order valence-corrected chi connectivity index (χ3v) is 7.72. The van der Waals surface area contributed by atoms with Crippen LogP contribution in [0.3, 0.4) is 0 Å². The van der Waals surface area contributed by atoms with E-state index in [1.54, 1.807) is 12.1 Å². The number of nitrogens with two attached hydrogens (primary N) is 1. The molecular formula is C27H29F2N3O3. The Balaban J connectivity index is 1.60. The van der Waals surface area contributed by atoms with Crippen molar-refractivity contribution in [3.8, 4) is 0 Å². The Morgan fingerprint density at radius 3 is 2.49 bits per heavy atom. The van der Waals surface area contributed by atoms with Gasteiger partial charge in [-0.1, -0.05) is 18.6 Å². The number of carboxylic acid groups (broad SMARTS) is 1. The van der Waals surface area contributed by atoms with Gasteiger partial charge in [0.1, 0.15) is 11.4 Å². The van der Waals surface area contributed by atoms with Crippen molar-refractivity contribution in [2.75, 3.05) is 17.6 Å². The van der Waals surface area contributed by atoms with Crippen LogP contribution in [0.25, 0.3) is 10.9 Å². The van der Waals surface area contributed by atoms with Crippen molar-refractivity contribution < 1.29 is 18.7 Å². The zero-order chi connectivity index (χ0) is 24.7. The number of carbonyl (C=O) groups is 1. The van der Waals surface area contributed by atoms with Crippen molar-refractivity contribution in [1.29, 1.82) is 0 Å². The molecule has 0 unspecified atom stereocenters. The van der Waals surface area contributed by atoms with E-state index in [2.05, 4.69) is 5.32 Å². The number of carboxylic acids is 1. The zero-order valence-electron chi connectivity index (χ0n) is 19.5. The highest BCUT2D eigenvalue weighted by Gasteiger charge is 2.41. The maximum atomic E-state index is 15.6. The fraction of sp³-hybridized carbons (Fsp3) is 0.407. The molecule has 0 saturated heterocycles. The molecule has 0 bridgehead atoms. The third-order valence-electron chi connectivity index (χ3n) is 7.72. The molecule has 1 aliphatic carbocycles. The number of nitrogen functional groups attached to an aromatic ring is 1. The maximum Gasteiger partial charge on any atom is 0.341 e. The van der Waals surface area contributed by atoms with Crippen LogP contribution in [-0.2, 0) is 18.4 Å². The second kappa shape index (κ2) is 8.98. The van der Waals surface area contributed by atoms with Gasteiger partial charge in [0.2, 0.25) is 5.43 Å². The highest BCUT2D eigenvalue weighted by atomic mass is 19.1. The van der Waals surface area contributed by atoms with E-state index in [1.807, 2.05) is 4.57 Å². The molecule has 184 valence electrons. The Kier molecular flexibility index (Phi) is 5.99. The second-order valence-corrected chi connectivity index (χ2v) is 9.79. The molecule has 1 aliphatic heterocycles. The van der Waals surface area contributed by atoms with Crippen molar-refractivity contribution in [3.63, 3.8) is 0 Å². The Hall–Kier alpha value is -3.42. The van der Waals surface area contributed by atoms with E-state index < -0.39 is 17.2 Å². The minimum atomic E-state index is -1.33. The summed E-state index contributed by atoms with van der Waals surface area (Å²) in [5.74, 6) is -2.32. The number of hydrogen-bond acceptors (Lipinski definition) is 4. The molecule has 2 aliphatic rings. The first-order chi connectivity index (χ1) is 16.8. The van der Waals surface area contributed by atoms with Crippen LogP contribution in [0.1, 0.15) is 66.4 Å². The number of nitrogens with one attached hydrogen (secondary N) is 1. The van der Waals surface area contributed by atoms with Crippen LogP contribution in [0.5, 0.6) is 0 Å². The van der Waals surface area contributed by atoms with Crippen molar-refractivity contribution in [2.45, 2.75) is 63.3 Å². The molecular weight excluding hydrogens is 452 g/mol. The van der Waals surface area contributed by atoms with Crippen molar-refractivity contribution >= 4 is 28.2 Å². The maximum absolute atomic E-state index is 15.6. The summed E-state index contributed by atoms with van der Waals surface area (Å²) in [4.78, 5) is 25.1. The number of nitrogens with zero attached hydrogens (tertiary/aromatic N) is 1. The number of aromatic carboxylic acids is 1. The second-order valence-electron chi connectivity index (χ2n) is 9.79. The number of hydrogen-bond donors (Lipinski definition) is 3. The minimum absolute atomic E-state index is 0.0255. The Bertz CT molecular complexity index is 1360. The summed E-state index contributed by atoms with van der Waals surface area (Å²) in [6, 6.07) is 6.31. The van der Waals surface area contributed by atoms with Crippen molar-refractivity contribution in [3.05, 3.63) is 69.0 Å². The van der Waals surface area contributed by atoms with Gasteiger partial charge in [-0.3, -0.25) is 4.79 Å². The van der Waals surface area contributed by atoms with Crippen LogP contribution in [-0.4, -0.2) is 22.2 Å². The van der Waals surface area contributed by atoms with Crippen LogP contribution in [0, 0.1) is 11.6 Å². The largest absolute Gasteiger partial charge is 0.477 e. The number of fused-ring (bicyclic) bond motifs is 1. The van der Waals surface area contributed by atoms with E-state index in [-0.39, 0.29) is 28.0 Å². The van der Waals surface area contributed by atoms with Gasteiger partial charge in [-0.05, 0) is 69.1 Å². The molecule has 1 spiro atoms. The smallest absolute Gasteiger partial charge is 0.341 e. The van der Waals surface area contributed by atoms with Gasteiger partial charge in [-0.2, -0.15) is 0 Å². The topological polar surface area (TPSA) is 97.3 Å². The van der Waals surface area contributed by atoms with E-state index in [1.165, 1.54) is 18.3 Å². The molecule has 1 aromatic heterocycles. The molecule has 8 heteroatoms. The first kappa shape index (κ1) is 23.3. The highest BCUT2D eigenvalue weighted by molar-refractivity contribution is 6.01. The van der Waals surface area contributed by atoms with Crippen LogP contribution in [0.15, 0.2) is 35.3 Å². The molecule has 1 fully saturated rings. The van der Waals surface area contributed by atoms with Gasteiger partial charge in [0, 0.05) is 23.8 Å². The van der Waals surface area contributed by atoms with Gasteiger partial charge in [0.15, 0.2) is 5.82 Å². The van der Waals surface area contributed by atoms with E-state index >= 15 is 4.39 Å². The Morgan fingerprint density at radius 1 is 1.11 bits per heavy atom. The number of benzene rings is 2. The highest BCUT2D eigenvalue weighted by Crippen LogP contribution is 2.48. The first-order valence-electron chi connectivity index (χ1n) is 12.2. The molecule has 2 aromatic carbocycles. The van der Waals surface area contributed by atoms with Crippen LogP contribution in [0.2, 0.25) is 0 Å². The number of rotatable bonds is 6. The molecule has 35 heavy (non-hydrogen) atoms. The number of aromatic nitrogens is 1. The van der Waals surface area contributed by atoms with Crippen LogP contribution in [0.4, 0.5) is 20.2 Å². The van der Waals surface area contributed by atoms with Crippen molar-refractivity contribution in [2.24, 2.45) is 0 Å². The fourth-order valence-electron chi connectivity index (χ4n) is 5.72. The monoisotopic (exact) mass is 481 g/mol. The normalized spacial score (nSPS) is 16.5. The standard InChI is InChI=1S/C27H29F2N3O3/c28-17-9-7-16(8-10-17)5-3-14-31-23-18-6-1-2-11-27(12-4-13-27)32-15-19(26(34)35)25(33)20(24(18)32)22(30)21(23)29/h7-10,15,31H,1-6,11-14,30H2,(H,34,35). The predicted molar refractivity (Wildman–Crippen MR) is 132 cm³/mol. The average Bonchev–Trinajstić information content (AvgIpc) is 2.79. The van der Waals surface area contributed by atoms with Gasteiger partial charge < -0.3 is 20.7 Å². The summed E-state index contributed by atoms with van der Waals surface area (Å²) < 4.78 is 30.7. The van der Waals surface area contributed by atoms with Gasteiger partial charge >= 0.3 is 5.97 Å². The number of pyridine rings is 1. The van der Waals surface area contributed by atoms with Crippen molar-refractivity contribution in [1.82, 2.24) is 4.57 Å². The van der Waals surface area contributed by atoms with Crippen LogP contribution < -0.4 is 16.5 Å². The lowest BCUT2D eigenvalue weighted by molar-refractivity contribution is 0.0691. The molecule has 1 saturated carbocycles. The summed E-state index contributed by atoms with van der Waals surface area (Å²) in [5.41, 5.74) is 7.05. The number of anilines is 2. The molecule has 5 rings (SSSR count). The number of halogens is 2. The summed E-state index contributed by atoms with van der Waals surface area (Å²) >= 11 is 0. The van der Waals surface area contributed by atoms with Crippen LogP contribution >= 0.6 is 0 Å². The van der Waals surface area contributed by atoms with Gasteiger partial charge in [0.05, 0.1) is 22.3 Å². The fourth-order valence-corrected chi connectivity index (χ4v) is 5.72. The van der Waals surface area contributed by atoms with E-state index in [4.69, 9.17) is 5.73 Å². The lowest BCUT2D eigenvalue weighted by Crippen LogP contribution is -2.43. The Morgan fingerprint density at radius 2 is 1.83 bits per heavy atom. The van der Waals surface area contributed by atoms with E-state index in [9.17, 15) is 19.1 Å². The number of aryl methyl sites for hydroxylation is 2. The first-order valence-corrected chi connectivity index (χ1v) is 12.2. The summed E-state index contributed by atoms with van der Waals surface area (Å²) in [7, 11) is 0. The Labute approximate surface area is 201 Å². The molecule has 2 heterocycles. The molecule has 0 radical (unpaired) electrons. The quantitative estimate of drug-likeness (QED) is 0.332. The lowest BCUT2D eigenvalue weighted by atomic mass is 9.71. The summed E-state index contributed by atoms with van der Waals surface area (Å²) in [5, 5.41) is 12.9.